The lowest BCUT2D eigenvalue weighted by molar-refractivity contribution is 0.251. The van der Waals surface area contributed by atoms with Crippen molar-refractivity contribution in [3.05, 3.63) is 89.7 Å². The molecule has 0 bridgehead atoms. The molecule has 0 atom stereocenters. The standard InChI is InChI=1S/C20H21N3O/c1-16-9-11-17(12-10-16)15-23-13-5-8-19(23)14-21-20(24)22-18-6-3-2-4-7-18/h2-13H,14-15H2,1H3,(H2,21,22,24). The van der Waals surface area contributed by atoms with E-state index < -0.39 is 0 Å². The first-order valence-corrected chi connectivity index (χ1v) is 8.00. The molecule has 4 heteroatoms. The number of carbonyl (C=O) groups is 1. The molecule has 4 nitrogen and oxygen atoms in total. The van der Waals surface area contributed by atoms with E-state index in [1.165, 1.54) is 11.1 Å². The third-order valence-electron chi connectivity index (χ3n) is 3.86. The number of benzene rings is 2. The zero-order chi connectivity index (χ0) is 16.8. The van der Waals surface area contributed by atoms with E-state index in [4.69, 9.17) is 0 Å². The molecule has 1 aromatic heterocycles. The van der Waals surface area contributed by atoms with Crippen LogP contribution in [0.2, 0.25) is 0 Å². The predicted octanol–water partition coefficient (Wildman–Crippen LogP) is 4.17. The minimum atomic E-state index is -0.204. The van der Waals surface area contributed by atoms with Crippen LogP contribution in [0.15, 0.2) is 72.9 Å². The Morgan fingerprint density at radius 2 is 1.71 bits per heavy atom. The Kier molecular flexibility index (Phi) is 4.96. The van der Waals surface area contributed by atoms with Crippen molar-refractivity contribution >= 4 is 11.7 Å². The molecule has 0 spiro atoms. The Bertz CT molecular complexity index is 791. The van der Waals surface area contributed by atoms with Gasteiger partial charge in [0.15, 0.2) is 0 Å². The van der Waals surface area contributed by atoms with Gasteiger partial charge in [-0.05, 0) is 36.8 Å². The number of carbonyl (C=O) groups excluding carboxylic acids is 1. The average Bonchev–Trinajstić information content (AvgIpc) is 3.03. The van der Waals surface area contributed by atoms with Gasteiger partial charge in [-0.1, -0.05) is 48.0 Å². The highest BCUT2D eigenvalue weighted by Gasteiger charge is 2.05. The molecule has 3 rings (SSSR count). The maximum Gasteiger partial charge on any atom is 0.319 e. The summed E-state index contributed by atoms with van der Waals surface area (Å²) < 4.78 is 2.15. The number of aryl methyl sites for hydroxylation is 1. The second-order valence-corrected chi connectivity index (χ2v) is 5.79. The van der Waals surface area contributed by atoms with Crippen molar-refractivity contribution in [2.24, 2.45) is 0 Å². The van der Waals surface area contributed by atoms with E-state index in [0.717, 1.165) is 17.9 Å². The van der Waals surface area contributed by atoms with E-state index >= 15 is 0 Å². The van der Waals surface area contributed by atoms with Gasteiger partial charge in [-0.2, -0.15) is 0 Å². The monoisotopic (exact) mass is 319 g/mol. The second kappa shape index (κ2) is 7.51. The van der Waals surface area contributed by atoms with Crippen LogP contribution in [0.25, 0.3) is 0 Å². The molecule has 0 unspecified atom stereocenters. The lowest BCUT2D eigenvalue weighted by Gasteiger charge is -2.11. The second-order valence-electron chi connectivity index (χ2n) is 5.79. The normalized spacial score (nSPS) is 10.4. The zero-order valence-electron chi connectivity index (χ0n) is 13.7. The maximum absolute atomic E-state index is 12.0. The number of hydrogen-bond acceptors (Lipinski definition) is 1. The smallest absolute Gasteiger partial charge is 0.319 e. The summed E-state index contributed by atoms with van der Waals surface area (Å²) in [6.45, 7) is 3.36. The fourth-order valence-corrected chi connectivity index (χ4v) is 2.52. The van der Waals surface area contributed by atoms with Crippen LogP contribution in [0.4, 0.5) is 10.5 Å². The number of amides is 2. The van der Waals surface area contributed by atoms with Crippen LogP contribution in [0.5, 0.6) is 0 Å². The lowest BCUT2D eigenvalue weighted by atomic mass is 10.1. The summed E-state index contributed by atoms with van der Waals surface area (Å²) in [6, 6.07) is 21.7. The quantitative estimate of drug-likeness (QED) is 0.728. The van der Waals surface area contributed by atoms with Gasteiger partial charge in [-0.3, -0.25) is 0 Å². The van der Waals surface area contributed by atoms with Gasteiger partial charge < -0.3 is 15.2 Å². The molecular formula is C20H21N3O. The highest BCUT2D eigenvalue weighted by Crippen LogP contribution is 2.10. The summed E-state index contributed by atoms with van der Waals surface area (Å²) in [5.74, 6) is 0. The van der Waals surface area contributed by atoms with Crippen LogP contribution < -0.4 is 10.6 Å². The summed E-state index contributed by atoms with van der Waals surface area (Å²) in [7, 11) is 0. The van der Waals surface area contributed by atoms with Crippen molar-refractivity contribution in [1.29, 1.82) is 0 Å². The van der Waals surface area contributed by atoms with E-state index in [1.54, 1.807) is 0 Å². The molecule has 24 heavy (non-hydrogen) atoms. The molecule has 0 aliphatic carbocycles. The van der Waals surface area contributed by atoms with Crippen LogP contribution in [0.1, 0.15) is 16.8 Å². The molecule has 0 saturated heterocycles. The number of hydrogen-bond donors (Lipinski definition) is 2. The van der Waals surface area contributed by atoms with Gasteiger partial charge in [0.1, 0.15) is 0 Å². The third-order valence-corrected chi connectivity index (χ3v) is 3.86. The van der Waals surface area contributed by atoms with Gasteiger partial charge in [0.05, 0.1) is 6.54 Å². The molecule has 2 amide bonds. The van der Waals surface area contributed by atoms with Crippen molar-refractivity contribution in [3.63, 3.8) is 0 Å². The van der Waals surface area contributed by atoms with Crippen LogP contribution in [0, 0.1) is 6.92 Å². The Morgan fingerprint density at radius 3 is 2.46 bits per heavy atom. The first kappa shape index (κ1) is 15.9. The number of para-hydroxylation sites is 1. The van der Waals surface area contributed by atoms with Gasteiger partial charge in [0.25, 0.3) is 0 Å². The molecule has 2 aromatic carbocycles. The number of nitrogens with one attached hydrogen (secondary N) is 2. The summed E-state index contributed by atoms with van der Waals surface area (Å²) in [4.78, 5) is 12.0. The summed E-state index contributed by atoms with van der Waals surface area (Å²) >= 11 is 0. The Labute approximate surface area is 142 Å². The number of anilines is 1. The molecule has 0 aliphatic rings. The SMILES string of the molecule is Cc1ccc(Cn2cccc2CNC(=O)Nc2ccccc2)cc1. The lowest BCUT2D eigenvalue weighted by Crippen LogP contribution is -2.29. The summed E-state index contributed by atoms with van der Waals surface area (Å²) in [5.41, 5.74) is 4.35. The van der Waals surface area contributed by atoms with Crippen molar-refractivity contribution < 1.29 is 4.79 Å². The van der Waals surface area contributed by atoms with E-state index in [-0.39, 0.29) is 6.03 Å². The largest absolute Gasteiger partial charge is 0.345 e. The highest BCUT2D eigenvalue weighted by molar-refractivity contribution is 5.89. The fourth-order valence-electron chi connectivity index (χ4n) is 2.52. The van der Waals surface area contributed by atoms with Gasteiger partial charge in [0, 0.05) is 24.1 Å². The van der Waals surface area contributed by atoms with E-state index in [1.807, 2.05) is 48.7 Å². The van der Waals surface area contributed by atoms with Gasteiger partial charge in [0.2, 0.25) is 0 Å². The predicted molar refractivity (Wildman–Crippen MR) is 97.0 cm³/mol. The Hall–Kier alpha value is -3.01. The average molecular weight is 319 g/mol. The van der Waals surface area contributed by atoms with Crippen LogP contribution in [-0.4, -0.2) is 10.6 Å². The zero-order valence-corrected chi connectivity index (χ0v) is 13.7. The van der Waals surface area contributed by atoms with E-state index in [9.17, 15) is 4.79 Å². The van der Waals surface area contributed by atoms with Gasteiger partial charge >= 0.3 is 6.03 Å². The number of aromatic nitrogens is 1. The number of urea groups is 1. The molecule has 0 aliphatic heterocycles. The summed E-state index contributed by atoms with van der Waals surface area (Å²) in [5, 5.41) is 5.72. The van der Waals surface area contributed by atoms with E-state index in [2.05, 4.69) is 46.4 Å². The molecule has 0 fully saturated rings. The van der Waals surface area contributed by atoms with Crippen LogP contribution in [0.3, 0.4) is 0 Å². The molecule has 0 saturated carbocycles. The first-order valence-electron chi connectivity index (χ1n) is 8.00. The van der Waals surface area contributed by atoms with Crippen molar-refractivity contribution in [2.45, 2.75) is 20.0 Å². The molecule has 0 radical (unpaired) electrons. The number of rotatable bonds is 5. The molecular weight excluding hydrogens is 298 g/mol. The topological polar surface area (TPSA) is 46.1 Å². The van der Waals surface area contributed by atoms with Crippen molar-refractivity contribution in [1.82, 2.24) is 9.88 Å². The Morgan fingerprint density at radius 1 is 0.958 bits per heavy atom. The minimum absolute atomic E-state index is 0.204. The van der Waals surface area contributed by atoms with Crippen molar-refractivity contribution in [2.75, 3.05) is 5.32 Å². The van der Waals surface area contributed by atoms with Crippen LogP contribution in [-0.2, 0) is 13.1 Å². The summed E-state index contributed by atoms with van der Waals surface area (Å²) in [6.07, 6.45) is 2.03. The van der Waals surface area contributed by atoms with Crippen LogP contribution >= 0.6 is 0 Å². The fraction of sp³-hybridized carbons (Fsp3) is 0.150. The molecule has 2 N–H and O–H groups in total. The third kappa shape index (κ3) is 4.26. The molecule has 122 valence electrons. The highest BCUT2D eigenvalue weighted by atomic mass is 16.2. The maximum atomic E-state index is 12.0. The van der Waals surface area contributed by atoms with Gasteiger partial charge in [-0.15, -0.1) is 0 Å². The van der Waals surface area contributed by atoms with Crippen molar-refractivity contribution in [3.8, 4) is 0 Å². The Balaban J connectivity index is 1.57. The van der Waals surface area contributed by atoms with E-state index in [0.29, 0.717) is 6.54 Å². The number of nitrogens with zero attached hydrogens (tertiary/aromatic N) is 1. The van der Waals surface area contributed by atoms with Gasteiger partial charge in [-0.25, -0.2) is 4.79 Å². The molecule has 3 aromatic rings. The molecule has 1 heterocycles. The minimum Gasteiger partial charge on any atom is -0.345 e. The first-order chi connectivity index (χ1) is 11.7.